The summed E-state index contributed by atoms with van der Waals surface area (Å²) < 4.78 is 12.8. The zero-order chi connectivity index (χ0) is 18.7. The van der Waals surface area contributed by atoms with Crippen LogP contribution in [0.1, 0.15) is 23.0 Å². The third-order valence-electron chi connectivity index (χ3n) is 3.66. The van der Waals surface area contributed by atoms with Crippen LogP contribution in [0.15, 0.2) is 45.8 Å². The highest BCUT2D eigenvalue weighted by atomic mass is 32.1. The highest BCUT2D eigenvalue weighted by molar-refractivity contribution is 7.07. The fourth-order valence-electron chi connectivity index (χ4n) is 2.35. The normalized spacial score (nSPS) is 12.5. The number of ether oxygens (including phenoxy) is 1. The molecule has 3 rings (SSSR count). The fourth-order valence-corrected chi connectivity index (χ4v) is 3.38. The molecule has 0 fully saturated rings. The Morgan fingerprint density at radius 2 is 2.19 bits per heavy atom. The van der Waals surface area contributed by atoms with Crippen molar-refractivity contribution in [3.63, 3.8) is 0 Å². The average molecular weight is 371 g/mol. The first-order valence-electron chi connectivity index (χ1n) is 7.92. The van der Waals surface area contributed by atoms with Gasteiger partial charge in [0, 0.05) is 13.1 Å². The fraction of sp³-hybridized carbons (Fsp3) is 0.158. The van der Waals surface area contributed by atoms with Gasteiger partial charge in [-0.25, -0.2) is 0 Å². The maximum atomic E-state index is 12.4. The Bertz CT molecular complexity index is 1110. The van der Waals surface area contributed by atoms with Gasteiger partial charge in [-0.3, -0.25) is 9.59 Å². The number of carbonyl (C=O) groups excluding carboxylic acids is 1. The van der Waals surface area contributed by atoms with Crippen molar-refractivity contribution >= 4 is 29.3 Å². The highest BCUT2D eigenvalue weighted by Gasteiger charge is 2.08. The van der Waals surface area contributed by atoms with Gasteiger partial charge in [-0.15, -0.1) is 11.3 Å². The number of furan rings is 1. The minimum atomic E-state index is -0.304. The van der Waals surface area contributed by atoms with Crippen molar-refractivity contribution in [3.05, 3.63) is 67.5 Å². The van der Waals surface area contributed by atoms with E-state index in [9.17, 15) is 14.7 Å². The van der Waals surface area contributed by atoms with Gasteiger partial charge < -0.3 is 18.8 Å². The van der Waals surface area contributed by atoms with E-state index in [4.69, 9.17) is 9.15 Å². The Kier molecular flexibility index (Phi) is 5.09. The Hall–Kier alpha value is -3.06. The SMILES string of the molecule is CCOc1cc(/C=c2/s/c(=C\C(=O)c3ccco3)n(C)c2=O)ccc1O. The standard InChI is InChI=1S/C19H17NO5S/c1-3-24-16-9-12(6-7-13(16)21)10-17-19(23)20(2)18(26-17)11-14(22)15-5-4-8-25-15/h4-11,21H,3H2,1-2H3/b17-10+,18-11-. The third-order valence-corrected chi connectivity index (χ3v) is 4.77. The molecule has 0 spiro atoms. The zero-order valence-corrected chi connectivity index (χ0v) is 15.1. The number of hydrogen-bond donors (Lipinski definition) is 1. The van der Waals surface area contributed by atoms with E-state index in [0.717, 1.165) is 0 Å². The minimum absolute atomic E-state index is 0.0427. The van der Waals surface area contributed by atoms with Crippen LogP contribution in [0.3, 0.4) is 0 Å². The first-order valence-corrected chi connectivity index (χ1v) is 8.74. The van der Waals surface area contributed by atoms with Crippen molar-refractivity contribution in [2.75, 3.05) is 6.61 Å². The van der Waals surface area contributed by atoms with Crippen molar-refractivity contribution in [3.8, 4) is 11.5 Å². The molecule has 1 N–H and O–H groups in total. The van der Waals surface area contributed by atoms with Gasteiger partial charge in [-0.2, -0.15) is 0 Å². The number of rotatable bonds is 5. The molecule has 7 heteroatoms. The van der Waals surface area contributed by atoms with E-state index >= 15 is 0 Å². The molecular weight excluding hydrogens is 354 g/mol. The predicted molar refractivity (Wildman–Crippen MR) is 99.2 cm³/mol. The van der Waals surface area contributed by atoms with Gasteiger partial charge in [-0.1, -0.05) is 6.07 Å². The van der Waals surface area contributed by atoms with E-state index in [-0.39, 0.29) is 22.9 Å². The number of phenolic OH excluding ortho intramolecular Hbond substituents is 1. The maximum absolute atomic E-state index is 12.4. The monoisotopic (exact) mass is 371 g/mol. The topological polar surface area (TPSA) is 81.7 Å². The predicted octanol–water partition coefficient (Wildman–Crippen LogP) is 1.64. The number of hydrogen-bond acceptors (Lipinski definition) is 6. The molecule has 0 unspecified atom stereocenters. The zero-order valence-electron chi connectivity index (χ0n) is 14.3. The summed E-state index contributed by atoms with van der Waals surface area (Å²) >= 11 is 1.20. The lowest BCUT2D eigenvalue weighted by Crippen LogP contribution is -2.29. The van der Waals surface area contributed by atoms with E-state index in [1.165, 1.54) is 34.3 Å². The quantitative estimate of drug-likeness (QED) is 0.690. The second-order valence-electron chi connectivity index (χ2n) is 5.46. The summed E-state index contributed by atoms with van der Waals surface area (Å²) in [7, 11) is 1.61. The average Bonchev–Trinajstić information content (AvgIpc) is 3.24. The van der Waals surface area contributed by atoms with E-state index < -0.39 is 0 Å². The molecule has 0 aliphatic heterocycles. The molecule has 0 aliphatic rings. The molecule has 0 radical (unpaired) electrons. The summed E-state index contributed by atoms with van der Waals surface area (Å²) in [6.07, 6.45) is 4.50. The number of Topliss-reactive ketones (excluding diaryl/α,β-unsaturated/α-hetero) is 1. The van der Waals surface area contributed by atoms with E-state index in [1.807, 2.05) is 6.92 Å². The van der Waals surface area contributed by atoms with Gasteiger partial charge in [0.15, 0.2) is 17.3 Å². The number of aromatic hydroxyl groups is 1. The number of thiazole rings is 1. The van der Waals surface area contributed by atoms with E-state index in [2.05, 4.69) is 0 Å². The van der Waals surface area contributed by atoms with Crippen LogP contribution in [0.5, 0.6) is 11.5 Å². The summed E-state index contributed by atoms with van der Waals surface area (Å²) in [5.74, 6) is 0.313. The Morgan fingerprint density at radius 3 is 2.88 bits per heavy atom. The third kappa shape index (κ3) is 3.62. The Labute approximate surface area is 152 Å². The van der Waals surface area contributed by atoms with Crippen LogP contribution >= 0.6 is 11.3 Å². The second kappa shape index (κ2) is 7.45. The summed E-state index contributed by atoms with van der Waals surface area (Å²) in [6.45, 7) is 2.24. The molecule has 1 aromatic carbocycles. The highest BCUT2D eigenvalue weighted by Crippen LogP contribution is 2.26. The van der Waals surface area contributed by atoms with Gasteiger partial charge >= 0.3 is 0 Å². The molecule has 0 saturated carbocycles. The first kappa shape index (κ1) is 17.8. The van der Waals surface area contributed by atoms with Crippen molar-refractivity contribution in [2.45, 2.75) is 6.92 Å². The molecule has 2 aromatic heterocycles. The van der Waals surface area contributed by atoms with Gasteiger partial charge in [0.25, 0.3) is 5.56 Å². The van der Waals surface area contributed by atoms with Gasteiger partial charge in [0.1, 0.15) is 4.66 Å². The van der Waals surface area contributed by atoms with Crippen LogP contribution in [0.4, 0.5) is 0 Å². The lowest BCUT2D eigenvalue weighted by atomic mass is 10.2. The van der Waals surface area contributed by atoms with Gasteiger partial charge in [-0.05, 0) is 42.8 Å². The molecule has 0 amide bonds. The van der Waals surface area contributed by atoms with Crippen molar-refractivity contribution in [2.24, 2.45) is 7.05 Å². The first-order chi connectivity index (χ1) is 12.5. The molecule has 3 aromatic rings. The van der Waals surface area contributed by atoms with Crippen LogP contribution in [0.2, 0.25) is 0 Å². The smallest absolute Gasteiger partial charge is 0.268 e. The lowest BCUT2D eigenvalue weighted by molar-refractivity contribution is 0.103. The number of ketones is 1. The summed E-state index contributed by atoms with van der Waals surface area (Å²) in [5.41, 5.74) is 0.508. The number of phenols is 1. The molecule has 0 aliphatic carbocycles. The maximum Gasteiger partial charge on any atom is 0.268 e. The van der Waals surface area contributed by atoms with E-state index in [0.29, 0.717) is 27.1 Å². The van der Waals surface area contributed by atoms with Crippen molar-refractivity contribution in [1.29, 1.82) is 0 Å². The van der Waals surface area contributed by atoms with Crippen molar-refractivity contribution in [1.82, 2.24) is 4.57 Å². The summed E-state index contributed by atoms with van der Waals surface area (Å²) in [6, 6.07) is 8.07. The molecule has 134 valence electrons. The number of nitrogens with zero attached hydrogens (tertiary/aromatic N) is 1. The summed E-state index contributed by atoms with van der Waals surface area (Å²) in [5, 5.41) is 9.77. The second-order valence-corrected chi connectivity index (χ2v) is 6.52. The van der Waals surface area contributed by atoms with E-state index in [1.54, 1.807) is 37.4 Å². The molecular formula is C19H17NO5S. The summed E-state index contributed by atoms with van der Waals surface area (Å²) in [4.78, 5) is 24.6. The number of carbonyl (C=O) groups is 1. The van der Waals surface area contributed by atoms with Crippen molar-refractivity contribution < 1.29 is 19.1 Å². The number of benzene rings is 1. The van der Waals surface area contributed by atoms with Crippen LogP contribution < -0.4 is 19.5 Å². The molecule has 0 saturated heterocycles. The Morgan fingerprint density at radius 1 is 1.38 bits per heavy atom. The molecule has 6 nitrogen and oxygen atoms in total. The molecule has 26 heavy (non-hydrogen) atoms. The van der Waals surface area contributed by atoms with Gasteiger partial charge in [0.2, 0.25) is 5.78 Å². The van der Waals surface area contributed by atoms with Crippen LogP contribution in [-0.2, 0) is 7.05 Å². The number of aromatic nitrogens is 1. The van der Waals surface area contributed by atoms with Crippen LogP contribution in [0.25, 0.3) is 12.2 Å². The van der Waals surface area contributed by atoms with Gasteiger partial charge in [0.05, 0.1) is 17.4 Å². The Balaban J connectivity index is 2.05. The minimum Gasteiger partial charge on any atom is -0.504 e. The van der Waals surface area contributed by atoms with Crippen LogP contribution in [0, 0.1) is 0 Å². The molecule has 0 bridgehead atoms. The molecule has 2 heterocycles. The van der Waals surface area contributed by atoms with Crippen LogP contribution in [-0.4, -0.2) is 22.1 Å². The largest absolute Gasteiger partial charge is 0.504 e. The lowest BCUT2D eigenvalue weighted by Gasteiger charge is -2.05. The molecule has 0 atom stereocenters.